The Bertz CT molecular complexity index is 1020. The van der Waals surface area contributed by atoms with Crippen LogP contribution in [0, 0.1) is 0 Å². The third-order valence-corrected chi connectivity index (χ3v) is 5.66. The number of nitrogens with zero attached hydrogens (tertiary/aromatic N) is 2. The Balaban J connectivity index is 1.27. The molecule has 0 saturated carbocycles. The number of aryl methyl sites for hydroxylation is 1. The van der Waals surface area contributed by atoms with Crippen LogP contribution in [0.15, 0.2) is 78.9 Å². The van der Waals surface area contributed by atoms with Crippen LogP contribution in [0.3, 0.4) is 0 Å². The van der Waals surface area contributed by atoms with Gasteiger partial charge in [-0.25, -0.2) is 4.79 Å². The highest BCUT2D eigenvalue weighted by molar-refractivity contribution is 5.95. The van der Waals surface area contributed by atoms with E-state index in [1.807, 2.05) is 37.4 Å². The monoisotopic (exact) mass is 413 g/mol. The minimum absolute atomic E-state index is 0.0130. The minimum atomic E-state index is -0.131. The van der Waals surface area contributed by atoms with E-state index in [1.54, 1.807) is 34.1 Å². The molecule has 0 atom stereocenters. The van der Waals surface area contributed by atoms with E-state index in [4.69, 9.17) is 0 Å². The molecule has 1 N–H and O–H groups in total. The van der Waals surface area contributed by atoms with Crippen molar-refractivity contribution in [2.75, 3.05) is 18.9 Å². The lowest BCUT2D eigenvalue weighted by Gasteiger charge is -2.18. The average Bonchev–Trinajstić information content (AvgIpc) is 3.24. The molecule has 0 spiro atoms. The number of rotatable bonds is 6. The van der Waals surface area contributed by atoms with Crippen LogP contribution in [0.1, 0.15) is 33.5 Å². The summed E-state index contributed by atoms with van der Waals surface area (Å²) in [6.07, 6.45) is 1.86. The second-order valence-corrected chi connectivity index (χ2v) is 7.95. The number of carbonyl (C=O) groups is 2. The first-order valence-corrected chi connectivity index (χ1v) is 10.6. The number of benzene rings is 3. The molecule has 5 heteroatoms. The van der Waals surface area contributed by atoms with Crippen molar-refractivity contribution >= 4 is 17.6 Å². The molecule has 0 bridgehead atoms. The van der Waals surface area contributed by atoms with Crippen molar-refractivity contribution in [3.05, 3.63) is 101 Å². The summed E-state index contributed by atoms with van der Waals surface area (Å²) in [6, 6.07) is 25.4. The summed E-state index contributed by atoms with van der Waals surface area (Å²) in [5, 5.41) is 2.93. The summed E-state index contributed by atoms with van der Waals surface area (Å²) in [5.74, 6) is -0.0130. The zero-order valence-electron chi connectivity index (χ0n) is 17.8. The van der Waals surface area contributed by atoms with Gasteiger partial charge < -0.3 is 15.1 Å². The minimum Gasteiger partial charge on any atom is -0.342 e. The molecule has 31 heavy (non-hydrogen) atoms. The van der Waals surface area contributed by atoms with E-state index in [-0.39, 0.29) is 11.9 Å². The highest BCUT2D eigenvalue weighted by atomic mass is 16.2. The van der Waals surface area contributed by atoms with E-state index in [0.29, 0.717) is 30.9 Å². The maximum atomic E-state index is 12.7. The van der Waals surface area contributed by atoms with Gasteiger partial charge in [0.05, 0.1) is 0 Å². The van der Waals surface area contributed by atoms with Crippen LogP contribution in [0.25, 0.3) is 0 Å². The molecule has 0 aliphatic carbocycles. The van der Waals surface area contributed by atoms with E-state index >= 15 is 0 Å². The van der Waals surface area contributed by atoms with Gasteiger partial charge in [-0.05, 0) is 53.8 Å². The van der Waals surface area contributed by atoms with Gasteiger partial charge in [0.25, 0.3) is 5.91 Å². The SMILES string of the molecule is CN(CCCc1ccccc1)C(=O)c1ccc(NC(=O)N2Cc3ccccc3C2)cc1. The zero-order chi connectivity index (χ0) is 21.6. The Kier molecular flexibility index (Phi) is 6.32. The normalized spacial score (nSPS) is 12.4. The van der Waals surface area contributed by atoms with Crippen molar-refractivity contribution in [3.63, 3.8) is 0 Å². The van der Waals surface area contributed by atoms with Crippen LogP contribution in [-0.4, -0.2) is 35.3 Å². The Morgan fingerprint density at radius 1 is 0.871 bits per heavy atom. The maximum Gasteiger partial charge on any atom is 0.322 e. The van der Waals surface area contributed by atoms with Crippen molar-refractivity contribution < 1.29 is 9.59 Å². The van der Waals surface area contributed by atoms with E-state index in [9.17, 15) is 9.59 Å². The Labute approximate surface area is 183 Å². The van der Waals surface area contributed by atoms with Gasteiger partial charge in [0.2, 0.25) is 0 Å². The molecule has 0 fully saturated rings. The lowest BCUT2D eigenvalue weighted by Crippen LogP contribution is -2.30. The largest absolute Gasteiger partial charge is 0.342 e. The van der Waals surface area contributed by atoms with Gasteiger partial charge in [-0.2, -0.15) is 0 Å². The van der Waals surface area contributed by atoms with Crippen molar-refractivity contribution in [2.24, 2.45) is 0 Å². The Hall–Kier alpha value is -3.60. The first kappa shape index (κ1) is 20.7. The molecular formula is C26H27N3O2. The standard InChI is InChI=1S/C26H27N3O2/c1-28(17-7-10-20-8-3-2-4-9-20)25(30)21-13-15-24(16-14-21)27-26(31)29-18-22-11-5-6-12-23(22)19-29/h2-6,8-9,11-16H,7,10,17-19H2,1H3,(H,27,31). The fraction of sp³-hybridized carbons (Fsp3) is 0.231. The number of anilines is 1. The number of nitrogens with one attached hydrogen (secondary N) is 1. The molecule has 0 radical (unpaired) electrons. The summed E-state index contributed by atoms with van der Waals surface area (Å²) in [6.45, 7) is 1.93. The van der Waals surface area contributed by atoms with Crippen molar-refractivity contribution in [1.82, 2.24) is 9.80 Å². The molecule has 5 nitrogen and oxygen atoms in total. The van der Waals surface area contributed by atoms with Gasteiger partial charge in [-0.15, -0.1) is 0 Å². The first-order chi connectivity index (χ1) is 15.1. The lowest BCUT2D eigenvalue weighted by atomic mass is 10.1. The Morgan fingerprint density at radius 2 is 1.48 bits per heavy atom. The van der Waals surface area contributed by atoms with Crippen LogP contribution in [0.4, 0.5) is 10.5 Å². The van der Waals surface area contributed by atoms with Crippen molar-refractivity contribution in [1.29, 1.82) is 0 Å². The molecule has 0 saturated heterocycles. The molecule has 1 heterocycles. The fourth-order valence-corrected chi connectivity index (χ4v) is 3.86. The summed E-state index contributed by atoms with van der Waals surface area (Å²) in [7, 11) is 1.83. The van der Waals surface area contributed by atoms with Crippen LogP contribution in [-0.2, 0) is 19.5 Å². The molecule has 3 amide bonds. The van der Waals surface area contributed by atoms with Gasteiger partial charge in [0, 0.05) is 37.9 Å². The van der Waals surface area contributed by atoms with Gasteiger partial charge in [-0.1, -0.05) is 54.6 Å². The molecule has 3 aromatic rings. The number of urea groups is 1. The van der Waals surface area contributed by atoms with Gasteiger partial charge in [-0.3, -0.25) is 4.79 Å². The Morgan fingerprint density at radius 3 is 2.13 bits per heavy atom. The van der Waals surface area contributed by atoms with Crippen LogP contribution < -0.4 is 5.32 Å². The van der Waals surface area contributed by atoms with E-state index in [0.717, 1.165) is 12.8 Å². The molecule has 0 unspecified atom stereocenters. The third-order valence-electron chi connectivity index (χ3n) is 5.66. The van der Waals surface area contributed by atoms with Crippen molar-refractivity contribution in [3.8, 4) is 0 Å². The fourth-order valence-electron chi connectivity index (χ4n) is 3.86. The summed E-state index contributed by atoms with van der Waals surface area (Å²) >= 11 is 0. The summed E-state index contributed by atoms with van der Waals surface area (Å²) in [5.41, 5.74) is 4.96. The van der Waals surface area contributed by atoms with Gasteiger partial charge >= 0.3 is 6.03 Å². The molecule has 3 aromatic carbocycles. The first-order valence-electron chi connectivity index (χ1n) is 10.6. The highest BCUT2D eigenvalue weighted by Crippen LogP contribution is 2.23. The molecular weight excluding hydrogens is 386 g/mol. The van der Waals surface area contributed by atoms with Crippen LogP contribution in [0.2, 0.25) is 0 Å². The van der Waals surface area contributed by atoms with Gasteiger partial charge in [0.15, 0.2) is 0 Å². The number of hydrogen-bond donors (Lipinski definition) is 1. The molecule has 4 rings (SSSR count). The van der Waals surface area contributed by atoms with Crippen molar-refractivity contribution in [2.45, 2.75) is 25.9 Å². The quantitative estimate of drug-likeness (QED) is 0.622. The maximum absolute atomic E-state index is 12.7. The van der Waals surface area contributed by atoms with E-state index in [1.165, 1.54) is 16.7 Å². The number of fused-ring (bicyclic) bond motifs is 1. The van der Waals surface area contributed by atoms with Crippen LogP contribution in [0.5, 0.6) is 0 Å². The summed E-state index contributed by atoms with van der Waals surface area (Å²) in [4.78, 5) is 28.8. The smallest absolute Gasteiger partial charge is 0.322 e. The van der Waals surface area contributed by atoms with E-state index in [2.05, 4.69) is 29.6 Å². The van der Waals surface area contributed by atoms with Crippen LogP contribution >= 0.6 is 0 Å². The van der Waals surface area contributed by atoms with E-state index < -0.39 is 0 Å². The molecule has 158 valence electrons. The molecule has 1 aliphatic rings. The second kappa shape index (κ2) is 9.47. The highest BCUT2D eigenvalue weighted by Gasteiger charge is 2.22. The molecule has 1 aliphatic heterocycles. The zero-order valence-corrected chi connectivity index (χ0v) is 17.8. The predicted octanol–water partition coefficient (Wildman–Crippen LogP) is 4.94. The molecule has 0 aromatic heterocycles. The topological polar surface area (TPSA) is 52.7 Å². The second-order valence-electron chi connectivity index (χ2n) is 7.95. The lowest BCUT2D eigenvalue weighted by molar-refractivity contribution is 0.0793. The number of hydrogen-bond acceptors (Lipinski definition) is 2. The summed E-state index contributed by atoms with van der Waals surface area (Å²) < 4.78 is 0. The number of carbonyl (C=O) groups excluding carboxylic acids is 2. The number of amides is 3. The average molecular weight is 414 g/mol. The third kappa shape index (κ3) is 5.12. The van der Waals surface area contributed by atoms with Gasteiger partial charge in [0.1, 0.15) is 0 Å². The predicted molar refractivity (Wildman–Crippen MR) is 123 cm³/mol.